The second kappa shape index (κ2) is 5.49. The summed E-state index contributed by atoms with van der Waals surface area (Å²) < 4.78 is 0. The van der Waals surface area contributed by atoms with Gasteiger partial charge in [0, 0.05) is 24.6 Å². The Bertz CT molecular complexity index is 582. The smallest absolute Gasteiger partial charge is 0.134 e. The number of hydrogen-bond donors (Lipinski definition) is 2. The largest absolute Gasteiger partial charge is 0.373 e. The molecule has 1 aliphatic carbocycles. The van der Waals surface area contributed by atoms with Gasteiger partial charge in [0.05, 0.1) is 0 Å². The Balaban J connectivity index is 1.74. The summed E-state index contributed by atoms with van der Waals surface area (Å²) in [5.41, 5.74) is 2.57. The van der Waals surface area contributed by atoms with E-state index in [0.717, 1.165) is 23.6 Å². The number of nitrogens with one attached hydrogen (secondary N) is 2. The summed E-state index contributed by atoms with van der Waals surface area (Å²) >= 11 is 0. The molecular weight excluding hydrogens is 248 g/mol. The Hall–Kier alpha value is -2.10. The van der Waals surface area contributed by atoms with Crippen molar-refractivity contribution in [3.63, 3.8) is 0 Å². The summed E-state index contributed by atoms with van der Waals surface area (Å²) in [5.74, 6) is 2.49. The van der Waals surface area contributed by atoms with Crippen LogP contribution in [0, 0.1) is 0 Å². The van der Waals surface area contributed by atoms with Gasteiger partial charge >= 0.3 is 0 Å². The lowest BCUT2D eigenvalue weighted by Crippen LogP contribution is -2.10. The molecule has 0 aliphatic heterocycles. The number of rotatable bonds is 5. The van der Waals surface area contributed by atoms with Crippen LogP contribution in [0.5, 0.6) is 0 Å². The quantitative estimate of drug-likeness (QED) is 0.875. The number of nitrogens with zero attached hydrogens (tertiary/aromatic N) is 2. The first kappa shape index (κ1) is 12.9. The summed E-state index contributed by atoms with van der Waals surface area (Å²) in [6.45, 7) is 2.13. The second-order valence-electron chi connectivity index (χ2n) is 5.16. The zero-order chi connectivity index (χ0) is 13.9. The van der Waals surface area contributed by atoms with Gasteiger partial charge in [0.2, 0.25) is 0 Å². The summed E-state index contributed by atoms with van der Waals surface area (Å²) in [7, 11) is 1.90. The van der Waals surface area contributed by atoms with Crippen LogP contribution in [0.1, 0.15) is 30.4 Å². The van der Waals surface area contributed by atoms with Crippen LogP contribution in [0.3, 0.4) is 0 Å². The van der Waals surface area contributed by atoms with Crippen LogP contribution in [0.4, 0.5) is 11.6 Å². The molecule has 20 heavy (non-hydrogen) atoms. The molecule has 0 bridgehead atoms. The average Bonchev–Trinajstić information content (AvgIpc) is 3.27. The van der Waals surface area contributed by atoms with Gasteiger partial charge in [-0.1, -0.05) is 37.3 Å². The number of benzene rings is 1. The summed E-state index contributed by atoms with van der Waals surface area (Å²) in [6.07, 6.45) is 3.71. The van der Waals surface area contributed by atoms with E-state index in [0.29, 0.717) is 12.0 Å². The molecule has 0 amide bonds. The van der Waals surface area contributed by atoms with Crippen molar-refractivity contribution in [1.29, 1.82) is 0 Å². The van der Waals surface area contributed by atoms with Crippen LogP contribution in [-0.4, -0.2) is 23.1 Å². The zero-order valence-corrected chi connectivity index (χ0v) is 11.9. The fraction of sp³-hybridized carbons (Fsp3) is 0.375. The van der Waals surface area contributed by atoms with Crippen molar-refractivity contribution in [1.82, 2.24) is 9.97 Å². The highest BCUT2D eigenvalue weighted by Gasteiger charge is 2.38. The van der Waals surface area contributed by atoms with E-state index in [9.17, 15) is 0 Å². The van der Waals surface area contributed by atoms with Gasteiger partial charge in [0.15, 0.2) is 0 Å². The van der Waals surface area contributed by atoms with Gasteiger partial charge in [0.1, 0.15) is 18.0 Å². The molecule has 2 unspecified atom stereocenters. The normalized spacial score (nSPS) is 20.5. The maximum atomic E-state index is 4.40. The molecule has 1 aromatic carbocycles. The van der Waals surface area contributed by atoms with E-state index in [4.69, 9.17) is 0 Å². The molecule has 0 saturated heterocycles. The topological polar surface area (TPSA) is 49.8 Å². The predicted molar refractivity (Wildman–Crippen MR) is 82.2 cm³/mol. The standard InChI is InChI=1S/C16H20N4/c1-3-12-15(17-2)18-10-19-16(12)20-14-9-13(14)11-7-5-4-6-8-11/h4-8,10,13-14H,3,9H2,1-2H3,(H2,17,18,19,20). The molecule has 4 heteroatoms. The maximum absolute atomic E-state index is 4.40. The molecule has 0 spiro atoms. The van der Waals surface area contributed by atoms with Gasteiger partial charge in [-0.25, -0.2) is 9.97 Å². The van der Waals surface area contributed by atoms with Crippen molar-refractivity contribution in [3.8, 4) is 0 Å². The molecule has 0 radical (unpaired) electrons. The van der Waals surface area contributed by atoms with Gasteiger partial charge in [-0.15, -0.1) is 0 Å². The van der Waals surface area contributed by atoms with Gasteiger partial charge in [-0.3, -0.25) is 0 Å². The number of anilines is 2. The monoisotopic (exact) mass is 268 g/mol. The number of aromatic nitrogens is 2. The predicted octanol–water partition coefficient (Wildman–Crippen LogP) is 3.05. The molecule has 104 valence electrons. The van der Waals surface area contributed by atoms with Crippen LogP contribution in [0.25, 0.3) is 0 Å². The third-order valence-electron chi connectivity index (χ3n) is 3.88. The van der Waals surface area contributed by atoms with E-state index in [1.807, 2.05) is 7.05 Å². The lowest BCUT2D eigenvalue weighted by molar-refractivity contribution is 0.986. The minimum absolute atomic E-state index is 0.488. The van der Waals surface area contributed by atoms with E-state index in [2.05, 4.69) is 57.9 Å². The number of hydrogen-bond acceptors (Lipinski definition) is 4. The van der Waals surface area contributed by atoms with E-state index in [1.165, 1.54) is 12.0 Å². The van der Waals surface area contributed by atoms with E-state index >= 15 is 0 Å². The van der Waals surface area contributed by atoms with Gasteiger partial charge in [-0.2, -0.15) is 0 Å². The molecule has 2 N–H and O–H groups in total. The van der Waals surface area contributed by atoms with Crippen molar-refractivity contribution in [3.05, 3.63) is 47.8 Å². The summed E-state index contributed by atoms with van der Waals surface area (Å²) in [6, 6.07) is 11.2. The van der Waals surface area contributed by atoms with Gasteiger partial charge in [-0.05, 0) is 18.4 Å². The Morgan fingerprint density at radius 1 is 1.15 bits per heavy atom. The van der Waals surface area contributed by atoms with Crippen LogP contribution in [0.2, 0.25) is 0 Å². The fourth-order valence-corrected chi connectivity index (χ4v) is 2.69. The van der Waals surface area contributed by atoms with Crippen molar-refractivity contribution in [2.45, 2.75) is 31.7 Å². The van der Waals surface area contributed by atoms with Crippen LogP contribution < -0.4 is 10.6 Å². The maximum Gasteiger partial charge on any atom is 0.134 e. The zero-order valence-electron chi connectivity index (χ0n) is 11.9. The lowest BCUT2D eigenvalue weighted by atomic mass is 10.1. The van der Waals surface area contributed by atoms with Crippen LogP contribution in [-0.2, 0) is 6.42 Å². The van der Waals surface area contributed by atoms with Crippen molar-refractivity contribution in [2.75, 3.05) is 17.7 Å². The van der Waals surface area contributed by atoms with Crippen LogP contribution >= 0.6 is 0 Å². The fourth-order valence-electron chi connectivity index (χ4n) is 2.69. The van der Waals surface area contributed by atoms with E-state index in [-0.39, 0.29) is 0 Å². The Morgan fingerprint density at radius 3 is 2.60 bits per heavy atom. The van der Waals surface area contributed by atoms with Gasteiger partial charge in [0.25, 0.3) is 0 Å². The third-order valence-corrected chi connectivity index (χ3v) is 3.88. The van der Waals surface area contributed by atoms with Crippen molar-refractivity contribution in [2.24, 2.45) is 0 Å². The summed E-state index contributed by atoms with van der Waals surface area (Å²) in [4.78, 5) is 8.68. The third kappa shape index (κ3) is 2.46. The first-order chi connectivity index (χ1) is 9.83. The molecule has 2 aromatic rings. The summed E-state index contributed by atoms with van der Waals surface area (Å²) in [5, 5.41) is 6.70. The van der Waals surface area contributed by atoms with E-state index < -0.39 is 0 Å². The highest BCUT2D eigenvalue weighted by Crippen LogP contribution is 2.43. The second-order valence-corrected chi connectivity index (χ2v) is 5.16. The molecule has 4 nitrogen and oxygen atoms in total. The van der Waals surface area contributed by atoms with Crippen molar-refractivity contribution < 1.29 is 0 Å². The molecule has 3 rings (SSSR count). The highest BCUT2D eigenvalue weighted by atomic mass is 15.1. The average molecular weight is 268 g/mol. The molecule has 1 aliphatic rings. The molecular formula is C16H20N4. The van der Waals surface area contributed by atoms with E-state index in [1.54, 1.807) is 6.33 Å². The minimum Gasteiger partial charge on any atom is -0.373 e. The molecule has 1 heterocycles. The Labute approximate surface area is 119 Å². The lowest BCUT2D eigenvalue weighted by Gasteiger charge is -2.12. The first-order valence-corrected chi connectivity index (χ1v) is 7.16. The first-order valence-electron chi connectivity index (χ1n) is 7.16. The minimum atomic E-state index is 0.488. The molecule has 2 atom stereocenters. The van der Waals surface area contributed by atoms with Crippen molar-refractivity contribution >= 4 is 11.6 Å². The molecule has 1 fully saturated rings. The molecule has 1 aromatic heterocycles. The molecule has 1 saturated carbocycles. The van der Waals surface area contributed by atoms with Gasteiger partial charge < -0.3 is 10.6 Å². The SMILES string of the molecule is CCc1c(NC)ncnc1NC1CC1c1ccccc1. The van der Waals surface area contributed by atoms with Crippen LogP contribution in [0.15, 0.2) is 36.7 Å². The Morgan fingerprint density at radius 2 is 1.90 bits per heavy atom. The Kier molecular flexibility index (Phi) is 3.54. The highest BCUT2D eigenvalue weighted by molar-refractivity contribution is 5.58.